The summed E-state index contributed by atoms with van der Waals surface area (Å²) >= 11 is 0. The third-order valence-corrected chi connectivity index (χ3v) is 3.69. The van der Waals surface area contributed by atoms with Gasteiger partial charge in [-0.25, -0.2) is 4.79 Å². The van der Waals surface area contributed by atoms with Gasteiger partial charge in [-0.3, -0.25) is 19.7 Å². The van der Waals surface area contributed by atoms with Crippen molar-refractivity contribution in [3.8, 4) is 5.69 Å². The second-order valence-electron chi connectivity index (χ2n) is 5.46. The maximum atomic E-state index is 12.7. The van der Waals surface area contributed by atoms with Gasteiger partial charge in [0.15, 0.2) is 5.76 Å². The summed E-state index contributed by atoms with van der Waals surface area (Å²) in [5.41, 5.74) is -1.51. The minimum Gasteiger partial charge on any atom is -0.462 e. The molecule has 0 unspecified atom stereocenters. The summed E-state index contributed by atoms with van der Waals surface area (Å²) in [6.45, 7) is 1.60. The van der Waals surface area contributed by atoms with Crippen LogP contribution in [0.25, 0.3) is 5.69 Å². The number of benzene rings is 1. The molecule has 0 saturated carbocycles. The minimum absolute atomic E-state index is 0.0274. The van der Waals surface area contributed by atoms with Gasteiger partial charge >= 0.3 is 5.97 Å². The standard InChI is InChI=1S/C18H13N3O7/c1-2-27-18(24)13-10-14(16(22)15-4-3-9-28-15)19-20(17(13)23)11-5-7-12(8-6-11)21(25)26/h3-10H,2H2,1H3. The molecular weight excluding hydrogens is 370 g/mol. The van der Waals surface area contributed by atoms with Gasteiger partial charge < -0.3 is 9.15 Å². The molecule has 0 spiro atoms. The zero-order chi connectivity index (χ0) is 20.3. The average molecular weight is 383 g/mol. The third kappa shape index (κ3) is 3.56. The molecule has 3 rings (SSSR count). The maximum Gasteiger partial charge on any atom is 0.343 e. The monoisotopic (exact) mass is 383 g/mol. The normalized spacial score (nSPS) is 10.5. The molecule has 0 saturated heterocycles. The molecule has 0 bridgehead atoms. The van der Waals surface area contributed by atoms with E-state index in [-0.39, 0.29) is 29.4 Å². The number of non-ortho nitro benzene ring substituents is 1. The molecular formula is C18H13N3O7. The largest absolute Gasteiger partial charge is 0.462 e. The van der Waals surface area contributed by atoms with Crippen molar-refractivity contribution in [1.82, 2.24) is 9.78 Å². The van der Waals surface area contributed by atoms with E-state index in [0.717, 1.165) is 10.7 Å². The lowest BCUT2D eigenvalue weighted by atomic mass is 10.1. The number of nitro benzene ring substituents is 1. The van der Waals surface area contributed by atoms with Gasteiger partial charge in [-0.1, -0.05) is 0 Å². The number of aromatic nitrogens is 2. The van der Waals surface area contributed by atoms with Crippen molar-refractivity contribution >= 4 is 17.4 Å². The van der Waals surface area contributed by atoms with Crippen LogP contribution in [-0.2, 0) is 4.74 Å². The summed E-state index contributed by atoms with van der Waals surface area (Å²) < 4.78 is 10.7. The Bertz CT molecular complexity index is 1100. The Hall–Kier alpha value is -4.08. The highest BCUT2D eigenvalue weighted by Crippen LogP contribution is 2.15. The van der Waals surface area contributed by atoms with Crippen molar-refractivity contribution in [3.63, 3.8) is 0 Å². The van der Waals surface area contributed by atoms with Gasteiger partial charge in [-0.05, 0) is 37.3 Å². The van der Waals surface area contributed by atoms with E-state index in [2.05, 4.69) is 5.10 Å². The smallest absolute Gasteiger partial charge is 0.343 e. The van der Waals surface area contributed by atoms with Crippen LogP contribution in [0.4, 0.5) is 5.69 Å². The lowest BCUT2D eigenvalue weighted by Gasteiger charge is -2.09. The van der Waals surface area contributed by atoms with Gasteiger partial charge in [-0.15, -0.1) is 0 Å². The number of carbonyl (C=O) groups excluding carboxylic acids is 2. The highest BCUT2D eigenvalue weighted by molar-refractivity contribution is 6.06. The Kier molecular flexibility index (Phi) is 5.12. The van der Waals surface area contributed by atoms with Crippen molar-refractivity contribution in [2.45, 2.75) is 6.92 Å². The molecule has 28 heavy (non-hydrogen) atoms. The highest BCUT2D eigenvalue weighted by atomic mass is 16.6. The first-order valence-corrected chi connectivity index (χ1v) is 8.07. The molecule has 0 radical (unpaired) electrons. The average Bonchev–Trinajstić information content (AvgIpc) is 3.22. The number of hydrogen-bond donors (Lipinski definition) is 0. The summed E-state index contributed by atoms with van der Waals surface area (Å²) in [5, 5.41) is 14.8. The lowest BCUT2D eigenvalue weighted by Crippen LogP contribution is -2.30. The second-order valence-corrected chi connectivity index (χ2v) is 5.46. The third-order valence-electron chi connectivity index (χ3n) is 3.69. The van der Waals surface area contributed by atoms with Crippen LogP contribution in [0.5, 0.6) is 0 Å². The summed E-state index contributed by atoms with van der Waals surface area (Å²) in [5.74, 6) is -1.60. The number of esters is 1. The zero-order valence-corrected chi connectivity index (χ0v) is 14.5. The molecule has 0 aliphatic rings. The number of ether oxygens (including phenoxy) is 1. The number of rotatable bonds is 6. The fourth-order valence-electron chi connectivity index (χ4n) is 2.39. The number of hydrogen-bond acceptors (Lipinski definition) is 8. The zero-order valence-electron chi connectivity index (χ0n) is 14.5. The summed E-state index contributed by atoms with van der Waals surface area (Å²) in [6.07, 6.45) is 1.30. The van der Waals surface area contributed by atoms with Crippen LogP contribution >= 0.6 is 0 Å². The van der Waals surface area contributed by atoms with Gasteiger partial charge in [0.25, 0.3) is 11.2 Å². The molecule has 10 heteroatoms. The van der Waals surface area contributed by atoms with E-state index in [1.807, 2.05) is 0 Å². The van der Waals surface area contributed by atoms with Crippen molar-refractivity contribution in [1.29, 1.82) is 0 Å². The molecule has 0 amide bonds. The van der Waals surface area contributed by atoms with E-state index < -0.39 is 27.8 Å². The van der Waals surface area contributed by atoms with E-state index in [9.17, 15) is 24.5 Å². The topological polar surface area (TPSA) is 135 Å². The first kappa shape index (κ1) is 18.7. The molecule has 3 aromatic rings. The first-order valence-electron chi connectivity index (χ1n) is 8.07. The fourth-order valence-corrected chi connectivity index (χ4v) is 2.39. The minimum atomic E-state index is -0.918. The van der Waals surface area contributed by atoms with Crippen molar-refractivity contribution in [3.05, 3.63) is 86.2 Å². The van der Waals surface area contributed by atoms with Gasteiger partial charge in [-0.2, -0.15) is 9.78 Å². The molecule has 0 aliphatic heterocycles. The predicted octanol–water partition coefficient (Wildman–Crippen LogP) is 2.14. The van der Waals surface area contributed by atoms with Crippen molar-refractivity contribution in [2.24, 2.45) is 0 Å². The quantitative estimate of drug-likeness (QED) is 0.273. The second kappa shape index (κ2) is 7.66. The van der Waals surface area contributed by atoms with Gasteiger partial charge in [0, 0.05) is 12.1 Å². The molecule has 0 aliphatic carbocycles. The van der Waals surface area contributed by atoms with Crippen LogP contribution in [0.1, 0.15) is 33.5 Å². The Labute approximate surface area is 157 Å². The van der Waals surface area contributed by atoms with Crippen LogP contribution in [0, 0.1) is 10.1 Å². The Morgan fingerprint density at radius 1 is 1.25 bits per heavy atom. The van der Waals surface area contributed by atoms with Gasteiger partial charge in [0.2, 0.25) is 5.78 Å². The van der Waals surface area contributed by atoms with Crippen LogP contribution in [-0.4, -0.2) is 33.1 Å². The van der Waals surface area contributed by atoms with Crippen molar-refractivity contribution in [2.75, 3.05) is 6.61 Å². The number of nitro groups is 1. The van der Waals surface area contributed by atoms with E-state index in [1.165, 1.54) is 42.7 Å². The number of furan rings is 1. The van der Waals surface area contributed by atoms with E-state index in [4.69, 9.17) is 9.15 Å². The number of ketones is 1. The summed E-state index contributed by atoms with van der Waals surface area (Å²) in [7, 11) is 0. The van der Waals surface area contributed by atoms with E-state index in [1.54, 1.807) is 6.92 Å². The molecule has 1 aromatic carbocycles. The highest BCUT2D eigenvalue weighted by Gasteiger charge is 2.22. The van der Waals surface area contributed by atoms with E-state index in [0.29, 0.717) is 0 Å². The molecule has 0 N–H and O–H groups in total. The predicted molar refractivity (Wildman–Crippen MR) is 94.6 cm³/mol. The Morgan fingerprint density at radius 3 is 2.54 bits per heavy atom. The Balaban J connectivity index is 2.17. The van der Waals surface area contributed by atoms with Gasteiger partial charge in [0.05, 0.1) is 23.5 Å². The molecule has 142 valence electrons. The number of carbonyl (C=O) groups is 2. The summed E-state index contributed by atoms with van der Waals surface area (Å²) in [4.78, 5) is 47.6. The van der Waals surface area contributed by atoms with Crippen molar-refractivity contribution < 1.29 is 23.7 Å². The number of nitrogens with zero attached hydrogens (tertiary/aromatic N) is 3. The summed E-state index contributed by atoms with van der Waals surface area (Å²) in [6, 6.07) is 8.86. The van der Waals surface area contributed by atoms with Crippen LogP contribution in [0.15, 0.2) is 57.9 Å². The lowest BCUT2D eigenvalue weighted by molar-refractivity contribution is -0.384. The maximum absolute atomic E-state index is 12.7. The van der Waals surface area contributed by atoms with Crippen LogP contribution in [0.2, 0.25) is 0 Å². The SMILES string of the molecule is CCOC(=O)c1cc(C(=O)c2ccco2)nn(-c2ccc([N+](=O)[O-])cc2)c1=O. The molecule has 10 nitrogen and oxygen atoms in total. The molecule has 0 atom stereocenters. The van der Waals surface area contributed by atoms with E-state index >= 15 is 0 Å². The fraction of sp³-hybridized carbons (Fsp3) is 0.111. The molecule has 2 aromatic heterocycles. The molecule has 0 fully saturated rings. The van der Waals surface area contributed by atoms with Gasteiger partial charge in [0.1, 0.15) is 11.3 Å². The first-order chi connectivity index (χ1) is 13.4. The van der Waals surface area contributed by atoms with Crippen LogP contribution in [0.3, 0.4) is 0 Å². The molecule has 2 heterocycles. The van der Waals surface area contributed by atoms with Crippen LogP contribution < -0.4 is 5.56 Å². The Morgan fingerprint density at radius 2 is 1.96 bits per heavy atom.